The smallest absolute Gasteiger partial charge is 0.407 e. The molecule has 6 heteroatoms. The number of carbonyl (C=O) groups excluding carboxylic acids is 1. The predicted octanol–water partition coefficient (Wildman–Crippen LogP) is 2.97. The summed E-state index contributed by atoms with van der Waals surface area (Å²) in [6, 6.07) is 10.7. The minimum absolute atomic E-state index is 0.368. The van der Waals surface area contributed by atoms with Crippen molar-refractivity contribution in [2.45, 2.75) is 45.1 Å². The second-order valence-electron chi connectivity index (χ2n) is 7.60. The van der Waals surface area contributed by atoms with Crippen molar-refractivity contribution in [3.63, 3.8) is 0 Å². The quantitative estimate of drug-likeness (QED) is 0.481. The standard InChI is InChI=1S/C20H32N4O2/c1-20(2,3)26-19(25)23-13-8-12-22-18(21-4)24-14-11-17(15-24)16-9-6-5-7-10-16/h5-7,9-10,17H,8,11-15H2,1-4H3,(H,21,22)(H,23,25). The van der Waals surface area contributed by atoms with Gasteiger partial charge in [0, 0.05) is 39.1 Å². The summed E-state index contributed by atoms with van der Waals surface area (Å²) in [6.45, 7) is 8.90. The number of alkyl carbamates (subject to hydrolysis) is 1. The van der Waals surface area contributed by atoms with Crippen LogP contribution in [0.1, 0.15) is 45.1 Å². The molecule has 2 rings (SSSR count). The van der Waals surface area contributed by atoms with Crippen molar-refractivity contribution in [3.05, 3.63) is 35.9 Å². The van der Waals surface area contributed by atoms with Gasteiger partial charge in [0.15, 0.2) is 5.96 Å². The van der Waals surface area contributed by atoms with Gasteiger partial charge in [-0.3, -0.25) is 4.99 Å². The molecule has 2 N–H and O–H groups in total. The largest absolute Gasteiger partial charge is 0.444 e. The Morgan fingerprint density at radius 1 is 1.23 bits per heavy atom. The van der Waals surface area contributed by atoms with Crippen molar-refractivity contribution >= 4 is 12.1 Å². The zero-order valence-electron chi connectivity index (χ0n) is 16.4. The second-order valence-corrected chi connectivity index (χ2v) is 7.60. The lowest BCUT2D eigenvalue weighted by atomic mass is 9.99. The summed E-state index contributed by atoms with van der Waals surface area (Å²) in [4.78, 5) is 18.3. The number of aliphatic imine (C=N–C) groups is 1. The number of hydrogen-bond acceptors (Lipinski definition) is 3. The first-order valence-corrected chi connectivity index (χ1v) is 9.36. The topological polar surface area (TPSA) is 66.0 Å². The highest BCUT2D eigenvalue weighted by Crippen LogP contribution is 2.26. The maximum absolute atomic E-state index is 11.6. The Bertz CT molecular complexity index is 596. The molecule has 1 aliphatic heterocycles. The first-order valence-electron chi connectivity index (χ1n) is 9.36. The zero-order valence-corrected chi connectivity index (χ0v) is 16.4. The summed E-state index contributed by atoms with van der Waals surface area (Å²) < 4.78 is 5.22. The second kappa shape index (κ2) is 9.46. The summed E-state index contributed by atoms with van der Waals surface area (Å²) >= 11 is 0. The minimum atomic E-state index is -0.463. The monoisotopic (exact) mass is 360 g/mol. The van der Waals surface area contributed by atoms with Crippen molar-refractivity contribution in [2.75, 3.05) is 33.2 Å². The third-order valence-electron chi connectivity index (χ3n) is 4.28. The molecule has 1 aromatic rings. The first kappa shape index (κ1) is 20.1. The van der Waals surface area contributed by atoms with E-state index in [2.05, 4.69) is 50.9 Å². The highest BCUT2D eigenvalue weighted by molar-refractivity contribution is 5.80. The molecule has 144 valence electrons. The number of nitrogens with zero attached hydrogens (tertiary/aromatic N) is 2. The molecule has 0 spiro atoms. The zero-order chi connectivity index (χ0) is 19.0. The SMILES string of the molecule is CN=C(NCCCNC(=O)OC(C)(C)C)N1CCC(c2ccccc2)C1. The summed E-state index contributed by atoms with van der Waals surface area (Å²) in [5.41, 5.74) is 0.933. The van der Waals surface area contributed by atoms with Gasteiger partial charge in [-0.2, -0.15) is 0 Å². The molecule has 1 atom stereocenters. The van der Waals surface area contributed by atoms with Gasteiger partial charge in [-0.25, -0.2) is 4.79 Å². The summed E-state index contributed by atoms with van der Waals surface area (Å²) in [7, 11) is 1.82. The Kier molecular flexibility index (Phi) is 7.30. The van der Waals surface area contributed by atoms with E-state index in [1.54, 1.807) is 0 Å². The number of amides is 1. The fourth-order valence-corrected chi connectivity index (χ4v) is 3.08. The Morgan fingerprint density at radius 2 is 1.92 bits per heavy atom. The Balaban J connectivity index is 1.68. The van der Waals surface area contributed by atoms with Gasteiger partial charge in [0.25, 0.3) is 0 Å². The fourth-order valence-electron chi connectivity index (χ4n) is 3.08. The Labute approximate surface area is 157 Å². The molecule has 1 aromatic carbocycles. The molecule has 26 heavy (non-hydrogen) atoms. The fraction of sp³-hybridized carbons (Fsp3) is 0.600. The average Bonchev–Trinajstić information content (AvgIpc) is 3.07. The lowest BCUT2D eigenvalue weighted by Gasteiger charge is -2.22. The molecule has 1 amide bonds. The van der Waals surface area contributed by atoms with Crippen molar-refractivity contribution in [3.8, 4) is 0 Å². The lowest BCUT2D eigenvalue weighted by molar-refractivity contribution is 0.0527. The van der Waals surface area contributed by atoms with Crippen LogP contribution in [-0.2, 0) is 4.74 Å². The molecule has 0 aliphatic carbocycles. The highest BCUT2D eigenvalue weighted by Gasteiger charge is 2.25. The summed E-state index contributed by atoms with van der Waals surface area (Å²) in [6.07, 6.45) is 1.59. The normalized spacial score (nSPS) is 17.9. The average molecular weight is 361 g/mol. The molecular weight excluding hydrogens is 328 g/mol. The van der Waals surface area contributed by atoms with Crippen LogP contribution >= 0.6 is 0 Å². The van der Waals surface area contributed by atoms with Crippen molar-refractivity contribution in [1.82, 2.24) is 15.5 Å². The van der Waals surface area contributed by atoms with E-state index in [1.165, 1.54) is 5.56 Å². The van der Waals surface area contributed by atoms with Crippen LogP contribution in [0.25, 0.3) is 0 Å². The maximum atomic E-state index is 11.6. The molecule has 6 nitrogen and oxygen atoms in total. The number of hydrogen-bond donors (Lipinski definition) is 2. The van der Waals surface area contributed by atoms with Crippen LogP contribution in [0.2, 0.25) is 0 Å². The number of nitrogens with one attached hydrogen (secondary N) is 2. The molecule has 1 unspecified atom stereocenters. The molecule has 0 bridgehead atoms. The van der Waals surface area contributed by atoms with Gasteiger partial charge in [-0.15, -0.1) is 0 Å². The molecule has 0 saturated carbocycles. The summed E-state index contributed by atoms with van der Waals surface area (Å²) in [5, 5.41) is 6.16. The van der Waals surface area contributed by atoms with Gasteiger partial charge < -0.3 is 20.3 Å². The summed E-state index contributed by atoms with van der Waals surface area (Å²) in [5.74, 6) is 1.49. The van der Waals surface area contributed by atoms with E-state index in [4.69, 9.17) is 4.74 Å². The van der Waals surface area contributed by atoms with E-state index in [0.717, 1.165) is 38.4 Å². The van der Waals surface area contributed by atoms with Crippen LogP contribution in [0.4, 0.5) is 4.79 Å². The minimum Gasteiger partial charge on any atom is -0.444 e. The number of benzene rings is 1. The van der Waals surface area contributed by atoms with Crippen LogP contribution in [0, 0.1) is 0 Å². The number of ether oxygens (including phenoxy) is 1. The van der Waals surface area contributed by atoms with E-state index < -0.39 is 5.60 Å². The van der Waals surface area contributed by atoms with Gasteiger partial charge in [0.05, 0.1) is 0 Å². The van der Waals surface area contributed by atoms with E-state index >= 15 is 0 Å². The number of guanidine groups is 1. The predicted molar refractivity (Wildman–Crippen MR) is 106 cm³/mol. The lowest BCUT2D eigenvalue weighted by Crippen LogP contribution is -2.41. The van der Waals surface area contributed by atoms with E-state index in [-0.39, 0.29) is 6.09 Å². The molecule has 1 fully saturated rings. The molecule has 1 saturated heterocycles. The first-order chi connectivity index (χ1) is 12.4. The molecule has 0 aromatic heterocycles. The van der Waals surface area contributed by atoms with Gasteiger partial charge in [0.1, 0.15) is 5.60 Å². The highest BCUT2D eigenvalue weighted by atomic mass is 16.6. The molecule has 0 radical (unpaired) electrons. The van der Waals surface area contributed by atoms with Gasteiger partial charge >= 0.3 is 6.09 Å². The van der Waals surface area contributed by atoms with Gasteiger partial charge in [0.2, 0.25) is 0 Å². The number of carbonyl (C=O) groups is 1. The number of likely N-dealkylation sites (tertiary alicyclic amines) is 1. The molecule has 1 aliphatic rings. The van der Waals surface area contributed by atoms with Crippen molar-refractivity contribution < 1.29 is 9.53 Å². The molecule has 1 heterocycles. The van der Waals surface area contributed by atoms with E-state index in [0.29, 0.717) is 12.5 Å². The Hall–Kier alpha value is -2.24. The van der Waals surface area contributed by atoms with Crippen LogP contribution in [0.15, 0.2) is 35.3 Å². The van der Waals surface area contributed by atoms with E-state index in [1.807, 2.05) is 27.8 Å². The van der Waals surface area contributed by atoms with Gasteiger partial charge in [-0.1, -0.05) is 30.3 Å². The van der Waals surface area contributed by atoms with Crippen LogP contribution in [0.5, 0.6) is 0 Å². The van der Waals surface area contributed by atoms with Crippen molar-refractivity contribution in [2.24, 2.45) is 4.99 Å². The van der Waals surface area contributed by atoms with Crippen molar-refractivity contribution in [1.29, 1.82) is 0 Å². The van der Waals surface area contributed by atoms with Crippen LogP contribution < -0.4 is 10.6 Å². The third-order valence-corrected chi connectivity index (χ3v) is 4.28. The maximum Gasteiger partial charge on any atom is 0.407 e. The third kappa shape index (κ3) is 6.58. The van der Waals surface area contributed by atoms with Crippen LogP contribution in [-0.4, -0.2) is 55.8 Å². The number of rotatable bonds is 5. The molecular formula is C20H32N4O2. The van der Waals surface area contributed by atoms with Gasteiger partial charge in [-0.05, 0) is 39.2 Å². The van der Waals surface area contributed by atoms with E-state index in [9.17, 15) is 4.79 Å². The Morgan fingerprint density at radius 3 is 2.58 bits per heavy atom. The van der Waals surface area contributed by atoms with Crippen LogP contribution in [0.3, 0.4) is 0 Å².